The van der Waals surface area contributed by atoms with Crippen LogP contribution in [0.2, 0.25) is 0 Å². The van der Waals surface area contributed by atoms with E-state index in [1.165, 1.54) is 49.2 Å². The molecule has 0 bridgehead atoms. The number of aromatic carboxylic acids is 1. The number of alkyl carbamates (subject to hydrolysis) is 1. The van der Waals surface area contributed by atoms with Gasteiger partial charge in [-0.15, -0.1) is 79.6 Å². The Morgan fingerprint density at radius 1 is 0.548 bits per heavy atom. The van der Waals surface area contributed by atoms with Crippen LogP contribution in [0.4, 0.5) is 9.59 Å². The molecule has 3 radical (unpaired) electrons. The number of aliphatic hydroxyl groups excluding tert-OH is 1. The summed E-state index contributed by atoms with van der Waals surface area (Å²) in [5.74, 6) is -0.221. The molecule has 0 unspecified atom stereocenters. The van der Waals surface area contributed by atoms with E-state index in [9.17, 15) is 38.7 Å². The van der Waals surface area contributed by atoms with Gasteiger partial charge in [0.25, 0.3) is 0 Å². The van der Waals surface area contributed by atoms with Gasteiger partial charge in [-0.2, -0.15) is 0 Å². The summed E-state index contributed by atoms with van der Waals surface area (Å²) in [5.41, 5.74) is 8.14. The monoisotopic (exact) mass is 2460 g/mol. The number of halogens is 7. The van der Waals surface area contributed by atoms with Crippen molar-refractivity contribution in [2.45, 2.75) is 145 Å². The van der Waals surface area contributed by atoms with Gasteiger partial charge in [-0.25, -0.2) is 24.0 Å². The molecule has 23 nitrogen and oxygen atoms in total. The maximum atomic E-state index is 11.8. The first-order valence-electron chi connectivity index (χ1n) is 44.6. The van der Waals surface area contributed by atoms with Crippen molar-refractivity contribution in [2.75, 3.05) is 67.4 Å². The molecular weight excluding hydrogens is 2350 g/mol. The van der Waals surface area contributed by atoms with Gasteiger partial charge < -0.3 is 79.6 Å². The number of aromatic hydroxyl groups is 1. The van der Waals surface area contributed by atoms with E-state index in [2.05, 4.69) is 170 Å². The number of thiophene rings is 6. The van der Waals surface area contributed by atoms with Crippen molar-refractivity contribution in [1.29, 1.82) is 0 Å². The molecule has 40 heteroatoms. The fourth-order valence-electron chi connectivity index (χ4n) is 13.1. The first-order valence-corrected chi connectivity index (χ1v) is 54.8. The molecule has 146 heavy (non-hydrogen) atoms. The number of phenols is 1. The number of morpholine rings is 1. The van der Waals surface area contributed by atoms with Crippen LogP contribution < -0.4 is 63.9 Å². The minimum atomic E-state index is -0.895. The summed E-state index contributed by atoms with van der Waals surface area (Å²) in [7, 11) is 4.48. The van der Waals surface area contributed by atoms with Crippen LogP contribution in [0, 0.1) is 19.8 Å². The molecule has 15 aromatic rings. The quantitative estimate of drug-likeness (QED) is 0.0192. The standard InChI is InChI=1S/C20H19BrO3S.C18H28BNO4.C11H14O3.C10H7BrO2S.C10H8O2S.C9H6BrClS.C9H5BrO2S.C9H7BrOS.C5H9ClO2.C5H11NO.B.Li.Na.H2O.H/c1-3-23-19(22)11-15-5-4-13(2)8-18(15)24-12-14-9-16-6-7-25-20(16)17(21)10-14;1-16(2,3)22-15(21)20-12-13-9-8-10-14(11-13)19-23-17(4,5)18(6,7)24-19;1-3-14-11(13)7-9-5-4-8(2)6-10(9)12;1-13-10(12)7-4-6-2-3-14-9(6)8(11)5-7;1-12-10(11)8-2-3-9-7(6-8)4-5-13-9;10-8-4-6(5-11)3-7-1-2-12-9(7)8;10-7-4-6(9(11)12)3-5-1-2-13-8(5)7;10-8-4-6(5-11)3-7-1-2-12-9(7)8;1-4(2)3-8-5(6)7;1-6-2-4-7-5-3-6;;;;;/h4-10H,3,11-12H2,1-2H3;8-11H,12H2,1-7H3,(H,20,21);4-6,12H,3,7H2,1-2H3;2-5H,1H3;2-6H,1H3;1-4H,5H2;1-4H,(H,11,12);1-4,11H,5H2;4H,3H2,1-2H3;2-5H2,1H3;;;;1H2;/q;;;;;;;;;;;2*+1;;-1/p-1. The van der Waals surface area contributed by atoms with E-state index in [0.717, 1.165) is 124 Å². The number of amides is 1. The maximum absolute atomic E-state index is 11.8. The number of carboxylic acid groups (broad SMARTS) is 1. The number of hydrogen-bond acceptors (Lipinski definition) is 27. The Balaban J connectivity index is 0.000000426. The van der Waals surface area contributed by atoms with Crippen molar-refractivity contribution in [3.05, 3.63) is 292 Å². The van der Waals surface area contributed by atoms with Gasteiger partial charge in [0, 0.05) is 107 Å². The number of phenolic OH excluding ortho intramolecular Hbond substituents is 1. The molecular formula is C106H116B2Br5Cl2LiN2NaO21S6. The molecule has 2 aliphatic rings. The van der Waals surface area contributed by atoms with Gasteiger partial charge in [0.2, 0.25) is 0 Å². The fourth-order valence-corrected chi connectivity index (χ4v) is 21.9. The first-order chi connectivity index (χ1) is 67.4. The number of esters is 4. The molecule has 2 fully saturated rings. The van der Waals surface area contributed by atoms with Crippen LogP contribution in [0.3, 0.4) is 0 Å². The number of aryl methyl sites for hydroxylation is 2. The predicted molar refractivity (Wildman–Crippen MR) is 608 cm³/mol. The van der Waals surface area contributed by atoms with Crippen molar-refractivity contribution < 1.29 is 151 Å². The Hall–Kier alpha value is -7.10. The van der Waals surface area contributed by atoms with E-state index < -0.39 is 30.2 Å². The van der Waals surface area contributed by atoms with Gasteiger partial charge >= 0.3 is 96.9 Å². The van der Waals surface area contributed by atoms with Crippen LogP contribution in [-0.2, 0) is 90.5 Å². The average molecular weight is 2470 g/mol. The number of nitrogens with one attached hydrogen (secondary N) is 1. The number of fused-ring (bicyclic) bond motifs is 6. The van der Waals surface area contributed by atoms with Crippen molar-refractivity contribution in [3.8, 4) is 11.5 Å². The van der Waals surface area contributed by atoms with Gasteiger partial charge in [-0.05, 0) is 400 Å². The third-order valence-corrected chi connectivity index (χ3v) is 31.4. The van der Waals surface area contributed by atoms with E-state index in [4.69, 9.17) is 66.4 Å². The van der Waals surface area contributed by atoms with Gasteiger partial charge in [-0.3, -0.25) is 9.59 Å². The summed E-state index contributed by atoms with van der Waals surface area (Å²) >= 11 is 38.1. The molecule has 6 aromatic heterocycles. The number of likely N-dealkylation sites (N-methyl/N-ethyl adjacent to an activating group) is 1. The van der Waals surface area contributed by atoms with Crippen LogP contribution in [0.15, 0.2) is 231 Å². The number of aliphatic hydroxyl groups is 1. The average Bonchev–Trinajstić information content (AvgIpc) is 1.62. The normalized spacial score (nSPS) is 12.3. The second kappa shape index (κ2) is 65.3. The van der Waals surface area contributed by atoms with E-state index in [1.807, 2.05) is 196 Å². The molecule has 2 saturated heterocycles. The number of benzene rings is 9. The summed E-state index contributed by atoms with van der Waals surface area (Å²) in [6.45, 7) is 31.1. The summed E-state index contributed by atoms with van der Waals surface area (Å²) in [4.78, 5) is 80.0. The van der Waals surface area contributed by atoms with Crippen LogP contribution >= 0.6 is 171 Å². The van der Waals surface area contributed by atoms with Crippen molar-refractivity contribution >= 4 is 294 Å². The minimum absolute atomic E-state index is 0. The summed E-state index contributed by atoms with van der Waals surface area (Å²) in [6.07, 6.45) is -0.0834. The van der Waals surface area contributed by atoms with Crippen LogP contribution in [0.25, 0.3) is 60.5 Å². The minimum Gasteiger partial charge on any atom is -1.00 e. The number of ether oxygens (including phenoxy) is 8. The summed E-state index contributed by atoms with van der Waals surface area (Å²) < 4.78 is 64.3. The number of methoxy groups -OCH3 is 2. The summed E-state index contributed by atoms with van der Waals surface area (Å²) in [5, 5.41) is 49.0. The Kier molecular flexibility index (Phi) is 58.7. The molecule has 8 heterocycles. The zero-order valence-electron chi connectivity index (χ0n) is 85.4. The largest absolute Gasteiger partial charge is 1.00 e. The Morgan fingerprint density at radius 3 is 1.43 bits per heavy atom. The smallest absolute Gasteiger partial charge is 1.00 e. The predicted octanol–water partition coefficient (Wildman–Crippen LogP) is 23.1. The second-order valence-electron chi connectivity index (χ2n) is 34.1. The SMILES string of the molecule is CC(C)(C)OC(=O)NCc1cccc(B2OC(C)(C)C(C)(C)O2)c1.CC(C)COC(=O)Cl.CCOC(=O)Cc1ccc(C)cc1O.CCOC(=O)Cc1ccc(C)cc1OCc1cc(Br)c2sccc2c1.CN1CCOCC1.COC(=O)c1cc(Br)c2sccc2c1.COC(=O)c1ccc2sccc2c1.ClCc1cc(Br)c2sccc2c1.O=C(O)c1cc(Br)c2sccc2c1.OCc1cc(Br)c2sccc2c1.[B].[H-].[Li+].[Na+].[OH-]. The van der Waals surface area contributed by atoms with E-state index in [0.29, 0.717) is 67.0 Å². The Bertz CT molecular complexity index is 6650. The second-order valence-corrected chi connectivity index (χ2v) is 44.5. The number of carbonyl (C=O) groups excluding carboxylic acids is 6. The molecule has 0 saturated carbocycles. The summed E-state index contributed by atoms with van der Waals surface area (Å²) in [6, 6.07) is 56.0. The van der Waals surface area contributed by atoms with Crippen molar-refractivity contribution in [3.63, 3.8) is 0 Å². The molecule has 9 aromatic carbocycles. The van der Waals surface area contributed by atoms with E-state index in [-0.39, 0.29) is 124 Å². The fraction of sp³-hybridized carbons (Fsp3) is 0.311. The molecule has 2 aliphatic heterocycles. The maximum Gasteiger partial charge on any atom is 1.00 e. The van der Waals surface area contributed by atoms with Crippen LogP contribution in [-0.4, -0.2) is 167 Å². The van der Waals surface area contributed by atoms with Gasteiger partial charge in [0.1, 0.15) is 23.7 Å². The number of hydrogen-bond donors (Lipinski definition) is 4. The molecule has 769 valence electrons. The van der Waals surface area contributed by atoms with E-state index >= 15 is 0 Å². The van der Waals surface area contributed by atoms with Gasteiger partial charge in [0.15, 0.2) is 0 Å². The Labute approximate surface area is 966 Å². The number of carboxylic acids is 1. The number of nitrogens with zero attached hydrogens (tertiary/aromatic N) is 1. The zero-order chi connectivity index (χ0) is 104. The molecule has 1 amide bonds. The molecule has 17 rings (SSSR count). The third kappa shape index (κ3) is 42.9. The van der Waals surface area contributed by atoms with Crippen LogP contribution in [0.5, 0.6) is 11.5 Å². The third-order valence-electron chi connectivity index (χ3n) is 20.8. The van der Waals surface area contributed by atoms with Gasteiger partial charge in [0.05, 0.1) is 94.6 Å². The zero-order valence-corrected chi connectivity index (χ0v) is 101. The molecule has 0 spiro atoms. The first kappa shape index (κ1) is 131. The molecule has 0 aliphatic carbocycles. The number of alkyl halides is 1. The van der Waals surface area contributed by atoms with Crippen molar-refractivity contribution in [1.82, 2.24) is 10.2 Å². The molecule has 0 atom stereocenters. The van der Waals surface area contributed by atoms with Crippen molar-refractivity contribution in [2.24, 2.45) is 5.92 Å². The number of rotatable bonds is 19. The molecule has 5 N–H and O–H groups in total. The Morgan fingerprint density at radius 2 is 0.979 bits per heavy atom. The number of carbonyl (C=O) groups is 7. The topological polar surface area (TPSA) is 318 Å². The van der Waals surface area contributed by atoms with Gasteiger partial charge in [-0.1, -0.05) is 62.4 Å². The van der Waals surface area contributed by atoms with E-state index in [1.54, 1.807) is 111 Å². The van der Waals surface area contributed by atoms with Crippen LogP contribution in [0.1, 0.15) is 153 Å².